The van der Waals surface area contributed by atoms with Crippen molar-refractivity contribution in [1.29, 1.82) is 0 Å². The van der Waals surface area contributed by atoms with Crippen molar-refractivity contribution < 1.29 is 19.6 Å². The highest BCUT2D eigenvalue weighted by Crippen LogP contribution is 2.21. The van der Waals surface area contributed by atoms with Crippen molar-refractivity contribution in [3.8, 4) is 5.75 Å². The molecule has 0 radical (unpaired) electrons. The number of aromatic carboxylic acids is 1. The fraction of sp³-hybridized carbons (Fsp3) is 0.182. The molecule has 1 aromatic heterocycles. The van der Waals surface area contributed by atoms with Crippen LogP contribution in [0.15, 0.2) is 24.5 Å². The van der Waals surface area contributed by atoms with Gasteiger partial charge >= 0.3 is 11.9 Å². The summed E-state index contributed by atoms with van der Waals surface area (Å²) in [6.07, 6.45) is 1.20. The highest BCUT2D eigenvalue weighted by Gasteiger charge is 2.15. The lowest BCUT2D eigenvalue weighted by Crippen LogP contribution is -2.05. The maximum absolute atomic E-state index is 10.9. The molecule has 2 aromatic rings. The minimum atomic E-state index is -1.07. The van der Waals surface area contributed by atoms with E-state index >= 15 is 0 Å². The molecule has 0 atom stereocenters. The molecule has 1 N–H and O–H groups in total. The molecule has 0 aliphatic carbocycles. The maximum atomic E-state index is 10.9. The standard InChI is InChI=1S/C11H10N4O5/c1-20-9-3-2-7(10(16)17)4-8(9)5-14-6-12-11(13-14)15(18)19/h2-4,6H,5H2,1H3,(H,16,17). The van der Waals surface area contributed by atoms with E-state index in [1.807, 2.05) is 0 Å². The SMILES string of the molecule is COc1ccc(C(=O)O)cc1Cn1cnc([N+](=O)[O-])n1. The van der Waals surface area contributed by atoms with Crippen LogP contribution in [0.25, 0.3) is 0 Å². The van der Waals surface area contributed by atoms with Crippen LogP contribution in [0.4, 0.5) is 5.95 Å². The number of carbonyl (C=O) groups is 1. The van der Waals surface area contributed by atoms with Gasteiger partial charge in [0.25, 0.3) is 0 Å². The summed E-state index contributed by atoms with van der Waals surface area (Å²) in [5.41, 5.74) is 0.627. The Kier molecular flexibility index (Phi) is 3.60. The second-order valence-electron chi connectivity index (χ2n) is 3.83. The van der Waals surface area contributed by atoms with E-state index in [2.05, 4.69) is 10.1 Å². The van der Waals surface area contributed by atoms with Crippen LogP contribution in [-0.2, 0) is 6.54 Å². The minimum Gasteiger partial charge on any atom is -0.496 e. The van der Waals surface area contributed by atoms with Crippen LogP contribution >= 0.6 is 0 Å². The number of hydrogen-bond acceptors (Lipinski definition) is 6. The molecule has 0 saturated heterocycles. The van der Waals surface area contributed by atoms with Gasteiger partial charge < -0.3 is 20.0 Å². The zero-order valence-corrected chi connectivity index (χ0v) is 10.4. The lowest BCUT2D eigenvalue weighted by atomic mass is 10.1. The summed E-state index contributed by atoms with van der Waals surface area (Å²) >= 11 is 0. The number of methoxy groups -OCH3 is 1. The Morgan fingerprint density at radius 2 is 2.30 bits per heavy atom. The third kappa shape index (κ3) is 2.71. The van der Waals surface area contributed by atoms with E-state index in [9.17, 15) is 14.9 Å². The summed E-state index contributed by atoms with van der Waals surface area (Å²) in [5.74, 6) is -1.12. The fourth-order valence-electron chi connectivity index (χ4n) is 1.65. The number of nitrogens with zero attached hydrogens (tertiary/aromatic N) is 4. The Morgan fingerprint density at radius 3 is 2.85 bits per heavy atom. The Bertz CT molecular complexity index is 667. The number of aromatic nitrogens is 3. The van der Waals surface area contributed by atoms with Crippen LogP contribution in [-0.4, -0.2) is 37.9 Å². The molecule has 1 aromatic carbocycles. The molecule has 0 aliphatic heterocycles. The normalized spacial score (nSPS) is 10.2. The average molecular weight is 278 g/mol. The van der Waals surface area contributed by atoms with Crippen molar-refractivity contribution in [2.45, 2.75) is 6.54 Å². The van der Waals surface area contributed by atoms with Crippen LogP contribution < -0.4 is 4.74 Å². The molecule has 9 nitrogen and oxygen atoms in total. The van der Waals surface area contributed by atoms with Crippen molar-refractivity contribution in [1.82, 2.24) is 14.8 Å². The number of ether oxygens (including phenoxy) is 1. The van der Waals surface area contributed by atoms with Crippen molar-refractivity contribution in [2.24, 2.45) is 0 Å². The van der Waals surface area contributed by atoms with Gasteiger partial charge in [0.15, 0.2) is 0 Å². The summed E-state index contributed by atoms with van der Waals surface area (Å²) in [6.45, 7) is 0.116. The molecule has 0 saturated carbocycles. The van der Waals surface area contributed by atoms with Gasteiger partial charge in [-0.1, -0.05) is 4.98 Å². The second-order valence-corrected chi connectivity index (χ2v) is 3.83. The number of benzene rings is 1. The van der Waals surface area contributed by atoms with Crippen LogP contribution in [0, 0.1) is 10.1 Å². The van der Waals surface area contributed by atoms with E-state index in [4.69, 9.17) is 9.84 Å². The third-order valence-electron chi connectivity index (χ3n) is 2.55. The van der Waals surface area contributed by atoms with Crippen LogP contribution in [0.3, 0.4) is 0 Å². The topological polar surface area (TPSA) is 120 Å². The van der Waals surface area contributed by atoms with Crippen molar-refractivity contribution in [3.05, 3.63) is 45.8 Å². The summed E-state index contributed by atoms with van der Waals surface area (Å²) in [4.78, 5) is 24.2. The van der Waals surface area contributed by atoms with Gasteiger partial charge in [-0.2, -0.15) is 4.68 Å². The largest absolute Gasteiger partial charge is 0.496 e. The Balaban J connectivity index is 2.32. The molecule has 0 bridgehead atoms. The monoisotopic (exact) mass is 278 g/mol. The molecule has 20 heavy (non-hydrogen) atoms. The van der Waals surface area contributed by atoms with E-state index in [0.29, 0.717) is 11.3 Å². The maximum Gasteiger partial charge on any atom is 0.490 e. The summed E-state index contributed by atoms with van der Waals surface area (Å²) in [7, 11) is 1.45. The van der Waals surface area contributed by atoms with Crippen LogP contribution in [0.5, 0.6) is 5.75 Å². The van der Waals surface area contributed by atoms with Crippen LogP contribution in [0.1, 0.15) is 15.9 Å². The summed E-state index contributed by atoms with van der Waals surface area (Å²) < 4.78 is 6.36. The first kappa shape index (κ1) is 13.5. The van der Waals surface area contributed by atoms with Crippen LogP contribution in [0.2, 0.25) is 0 Å². The minimum absolute atomic E-state index is 0.0930. The van der Waals surface area contributed by atoms with Gasteiger partial charge in [-0.3, -0.25) is 0 Å². The molecule has 0 aliphatic rings. The molecular formula is C11H10N4O5. The molecule has 0 amide bonds. The molecule has 1 heterocycles. The van der Waals surface area contributed by atoms with Gasteiger partial charge in [-0.15, -0.1) is 0 Å². The lowest BCUT2D eigenvalue weighted by Gasteiger charge is -2.07. The zero-order chi connectivity index (χ0) is 14.7. The third-order valence-corrected chi connectivity index (χ3v) is 2.55. The summed E-state index contributed by atoms with van der Waals surface area (Å²) in [5, 5.41) is 23.1. The van der Waals surface area contributed by atoms with E-state index in [-0.39, 0.29) is 12.1 Å². The number of carboxylic acid groups (broad SMARTS) is 1. The Hall–Kier alpha value is -2.97. The Morgan fingerprint density at radius 1 is 1.55 bits per heavy atom. The van der Waals surface area contributed by atoms with Gasteiger partial charge in [0.1, 0.15) is 5.75 Å². The lowest BCUT2D eigenvalue weighted by molar-refractivity contribution is -0.394. The molecule has 2 rings (SSSR count). The van der Waals surface area contributed by atoms with E-state index < -0.39 is 16.8 Å². The Labute approximate surface area is 112 Å². The zero-order valence-electron chi connectivity index (χ0n) is 10.4. The predicted octanol–water partition coefficient (Wildman–Crippen LogP) is 0.941. The number of carboxylic acids is 1. The first-order chi connectivity index (χ1) is 9.51. The van der Waals surface area contributed by atoms with Crippen molar-refractivity contribution >= 4 is 11.9 Å². The van der Waals surface area contributed by atoms with Gasteiger partial charge in [-0.25, -0.2) is 4.79 Å². The van der Waals surface area contributed by atoms with E-state index in [1.165, 1.54) is 36.3 Å². The van der Waals surface area contributed by atoms with E-state index in [1.54, 1.807) is 0 Å². The molecule has 104 valence electrons. The smallest absolute Gasteiger partial charge is 0.490 e. The predicted molar refractivity (Wildman–Crippen MR) is 65.7 cm³/mol. The molecule has 0 spiro atoms. The number of nitro groups is 1. The first-order valence-electron chi connectivity index (χ1n) is 5.45. The average Bonchev–Trinajstić information content (AvgIpc) is 2.87. The van der Waals surface area contributed by atoms with Crippen molar-refractivity contribution in [3.63, 3.8) is 0 Å². The van der Waals surface area contributed by atoms with Gasteiger partial charge in [-0.05, 0) is 23.1 Å². The molecule has 0 unspecified atom stereocenters. The number of hydrogen-bond donors (Lipinski definition) is 1. The molecule has 0 fully saturated rings. The highest BCUT2D eigenvalue weighted by molar-refractivity contribution is 5.88. The van der Waals surface area contributed by atoms with Gasteiger partial charge in [0.2, 0.25) is 6.33 Å². The second kappa shape index (κ2) is 5.34. The van der Waals surface area contributed by atoms with E-state index in [0.717, 1.165) is 0 Å². The van der Waals surface area contributed by atoms with Gasteiger partial charge in [0.05, 0.1) is 19.2 Å². The van der Waals surface area contributed by atoms with Gasteiger partial charge in [0, 0.05) is 10.7 Å². The fourth-order valence-corrected chi connectivity index (χ4v) is 1.65. The summed E-state index contributed by atoms with van der Waals surface area (Å²) in [6, 6.07) is 4.35. The quantitative estimate of drug-likeness (QED) is 0.638. The van der Waals surface area contributed by atoms with Crippen molar-refractivity contribution in [2.75, 3.05) is 7.11 Å². The highest BCUT2D eigenvalue weighted by atomic mass is 16.6. The number of rotatable bonds is 5. The molecule has 9 heteroatoms. The first-order valence-corrected chi connectivity index (χ1v) is 5.45. The molecular weight excluding hydrogens is 268 g/mol.